The number of nitrogens with two attached hydrogens (primary N) is 1. The molecule has 1 aromatic carbocycles. The molecule has 0 aliphatic carbocycles. The number of hydrogen-bond donors (Lipinski definition) is 1. The Labute approximate surface area is 101 Å². The van der Waals surface area contributed by atoms with E-state index in [4.69, 9.17) is 23.8 Å². The Kier molecular flexibility index (Phi) is 5.31. The van der Waals surface area contributed by atoms with Crippen LogP contribution in [-0.2, 0) is 6.42 Å². The normalized spacial score (nSPS) is 12.1. The molecule has 1 rings (SSSR count). The lowest BCUT2D eigenvalue weighted by Gasteiger charge is -2.12. The van der Waals surface area contributed by atoms with Gasteiger partial charge in [0.1, 0.15) is 5.82 Å². The zero-order chi connectivity index (χ0) is 12.0. The molecule has 0 fully saturated rings. The van der Waals surface area contributed by atoms with Crippen molar-refractivity contribution in [3.8, 4) is 12.3 Å². The summed E-state index contributed by atoms with van der Waals surface area (Å²) in [7, 11) is 0. The van der Waals surface area contributed by atoms with E-state index in [1.165, 1.54) is 6.07 Å². The Morgan fingerprint density at radius 1 is 1.50 bits per heavy atom. The van der Waals surface area contributed by atoms with Crippen molar-refractivity contribution in [2.24, 2.45) is 5.73 Å². The summed E-state index contributed by atoms with van der Waals surface area (Å²) in [5.74, 6) is 2.26. The average molecular weight is 240 g/mol. The van der Waals surface area contributed by atoms with Crippen LogP contribution < -0.4 is 5.73 Å². The molecule has 0 aliphatic heterocycles. The van der Waals surface area contributed by atoms with E-state index in [1.54, 1.807) is 12.1 Å². The van der Waals surface area contributed by atoms with Gasteiger partial charge in [-0.2, -0.15) is 0 Å². The first-order chi connectivity index (χ1) is 7.65. The van der Waals surface area contributed by atoms with Crippen molar-refractivity contribution in [2.45, 2.75) is 31.7 Å². The largest absolute Gasteiger partial charge is 0.327 e. The molecule has 3 heteroatoms. The van der Waals surface area contributed by atoms with Crippen LogP contribution in [0.4, 0.5) is 4.39 Å². The predicted octanol–water partition coefficient (Wildman–Crippen LogP) is 3.15. The lowest BCUT2D eigenvalue weighted by Crippen LogP contribution is -2.23. The van der Waals surface area contributed by atoms with Crippen molar-refractivity contribution >= 4 is 11.6 Å². The van der Waals surface area contributed by atoms with Gasteiger partial charge < -0.3 is 5.73 Å². The molecule has 0 aromatic heterocycles. The summed E-state index contributed by atoms with van der Waals surface area (Å²) in [6.45, 7) is 0. The van der Waals surface area contributed by atoms with Crippen molar-refractivity contribution in [3.05, 3.63) is 34.6 Å². The predicted molar refractivity (Wildman–Crippen MR) is 65.8 cm³/mol. The number of terminal acetylenes is 1. The summed E-state index contributed by atoms with van der Waals surface area (Å²) in [5.41, 5.74) is 6.39. The molecule has 0 bridgehead atoms. The highest BCUT2D eigenvalue weighted by Crippen LogP contribution is 2.21. The monoisotopic (exact) mass is 239 g/mol. The molecule has 0 heterocycles. The Morgan fingerprint density at radius 2 is 2.25 bits per heavy atom. The van der Waals surface area contributed by atoms with Crippen LogP contribution in [0.3, 0.4) is 0 Å². The lowest BCUT2D eigenvalue weighted by atomic mass is 10.0. The molecule has 1 nitrogen and oxygen atoms in total. The van der Waals surface area contributed by atoms with Gasteiger partial charge in [-0.05, 0) is 31.4 Å². The molecule has 0 radical (unpaired) electrons. The Balaban J connectivity index is 2.56. The maximum Gasteiger partial charge on any atom is 0.127 e. The van der Waals surface area contributed by atoms with Crippen LogP contribution in [0, 0.1) is 18.2 Å². The van der Waals surface area contributed by atoms with Gasteiger partial charge in [-0.1, -0.05) is 17.7 Å². The van der Waals surface area contributed by atoms with E-state index >= 15 is 0 Å². The second kappa shape index (κ2) is 6.52. The summed E-state index contributed by atoms with van der Waals surface area (Å²) < 4.78 is 13.4. The van der Waals surface area contributed by atoms with E-state index in [-0.39, 0.29) is 11.9 Å². The van der Waals surface area contributed by atoms with Crippen molar-refractivity contribution < 1.29 is 4.39 Å². The van der Waals surface area contributed by atoms with Gasteiger partial charge in [0.25, 0.3) is 0 Å². The topological polar surface area (TPSA) is 26.0 Å². The van der Waals surface area contributed by atoms with Gasteiger partial charge in [0.2, 0.25) is 0 Å². The molecule has 0 saturated heterocycles. The SMILES string of the molecule is C#CCCCC(N)Cc1c(F)cccc1Cl. The average Bonchev–Trinajstić information content (AvgIpc) is 2.24. The smallest absolute Gasteiger partial charge is 0.127 e. The molecule has 1 aromatic rings. The van der Waals surface area contributed by atoms with E-state index in [9.17, 15) is 4.39 Å². The van der Waals surface area contributed by atoms with Gasteiger partial charge >= 0.3 is 0 Å². The van der Waals surface area contributed by atoms with Crippen LogP contribution in [0.15, 0.2) is 18.2 Å². The molecule has 0 spiro atoms. The molecule has 1 unspecified atom stereocenters. The van der Waals surface area contributed by atoms with Gasteiger partial charge in [0.15, 0.2) is 0 Å². The Morgan fingerprint density at radius 3 is 2.88 bits per heavy atom. The summed E-state index contributed by atoms with van der Waals surface area (Å²) in [6.07, 6.45) is 7.96. The fourth-order valence-electron chi connectivity index (χ4n) is 1.56. The zero-order valence-corrected chi connectivity index (χ0v) is 9.80. The van der Waals surface area contributed by atoms with Crippen LogP contribution in [0.1, 0.15) is 24.8 Å². The second-order valence-corrected chi connectivity index (χ2v) is 4.17. The number of halogens is 2. The highest BCUT2D eigenvalue weighted by atomic mass is 35.5. The standard InChI is InChI=1S/C13H15ClFN/c1-2-3-4-6-10(16)9-11-12(14)7-5-8-13(11)15/h1,5,7-8,10H,3-4,6,9,16H2. The number of rotatable bonds is 5. The minimum atomic E-state index is -0.292. The van der Waals surface area contributed by atoms with Gasteiger partial charge in [-0.15, -0.1) is 12.3 Å². The minimum absolute atomic E-state index is 0.0947. The third kappa shape index (κ3) is 3.84. The lowest BCUT2D eigenvalue weighted by molar-refractivity contribution is 0.555. The molecule has 86 valence electrons. The van der Waals surface area contributed by atoms with E-state index < -0.39 is 0 Å². The van der Waals surface area contributed by atoms with Crippen molar-refractivity contribution in [1.29, 1.82) is 0 Å². The van der Waals surface area contributed by atoms with Crippen LogP contribution in [0.25, 0.3) is 0 Å². The van der Waals surface area contributed by atoms with E-state index in [1.807, 2.05) is 0 Å². The molecule has 0 saturated carbocycles. The highest BCUT2D eigenvalue weighted by Gasteiger charge is 2.11. The van der Waals surface area contributed by atoms with E-state index in [2.05, 4.69) is 5.92 Å². The van der Waals surface area contributed by atoms with E-state index in [0.717, 1.165) is 12.8 Å². The highest BCUT2D eigenvalue weighted by molar-refractivity contribution is 6.31. The van der Waals surface area contributed by atoms with Crippen LogP contribution in [0.2, 0.25) is 5.02 Å². The van der Waals surface area contributed by atoms with Crippen LogP contribution >= 0.6 is 11.6 Å². The number of hydrogen-bond acceptors (Lipinski definition) is 1. The third-order valence-corrected chi connectivity index (χ3v) is 2.78. The van der Waals surface area contributed by atoms with Crippen molar-refractivity contribution in [3.63, 3.8) is 0 Å². The maximum absolute atomic E-state index is 13.4. The molecule has 0 aliphatic rings. The quantitative estimate of drug-likeness (QED) is 0.620. The third-order valence-electron chi connectivity index (χ3n) is 2.42. The van der Waals surface area contributed by atoms with E-state index in [0.29, 0.717) is 23.4 Å². The summed E-state index contributed by atoms with van der Waals surface area (Å²) >= 11 is 5.91. The Hall–Kier alpha value is -1.04. The first kappa shape index (κ1) is 13.0. The molecular formula is C13H15ClFN. The zero-order valence-electron chi connectivity index (χ0n) is 9.05. The van der Waals surface area contributed by atoms with Crippen molar-refractivity contribution in [2.75, 3.05) is 0 Å². The van der Waals surface area contributed by atoms with Crippen molar-refractivity contribution in [1.82, 2.24) is 0 Å². The Bertz CT molecular complexity index is 364. The van der Waals surface area contributed by atoms with Gasteiger partial charge in [-0.3, -0.25) is 0 Å². The molecule has 2 N–H and O–H groups in total. The first-order valence-electron chi connectivity index (χ1n) is 5.27. The van der Waals surface area contributed by atoms with Gasteiger partial charge in [0.05, 0.1) is 0 Å². The fourth-order valence-corrected chi connectivity index (χ4v) is 1.80. The maximum atomic E-state index is 13.4. The summed E-state index contributed by atoms with van der Waals surface area (Å²) in [5, 5.41) is 0.437. The van der Waals surface area contributed by atoms with Crippen LogP contribution in [0.5, 0.6) is 0 Å². The first-order valence-corrected chi connectivity index (χ1v) is 5.65. The minimum Gasteiger partial charge on any atom is -0.327 e. The molecule has 16 heavy (non-hydrogen) atoms. The number of benzene rings is 1. The molecule has 0 amide bonds. The molecule has 1 atom stereocenters. The second-order valence-electron chi connectivity index (χ2n) is 3.76. The fraction of sp³-hybridized carbons (Fsp3) is 0.385. The number of unbranched alkanes of at least 4 members (excludes halogenated alkanes) is 1. The summed E-state index contributed by atoms with van der Waals surface area (Å²) in [4.78, 5) is 0. The summed E-state index contributed by atoms with van der Waals surface area (Å²) in [6, 6.07) is 4.57. The van der Waals surface area contributed by atoms with Crippen LogP contribution in [-0.4, -0.2) is 6.04 Å². The molecular weight excluding hydrogens is 225 g/mol. The van der Waals surface area contributed by atoms with Gasteiger partial charge in [-0.25, -0.2) is 4.39 Å². The van der Waals surface area contributed by atoms with Gasteiger partial charge in [0, 0.05) is 23.0 Å².